The Bertz CT molecular complexity index is 506. The van der Waals surface area contributed by atoms with Crippen molar-refractivity contribution in [3.05, 3.63) is 36.0 Å². The molecule has 0 saturated carbocycles. The van der Waals surface area contributed by atoms with Crippen LogP contribution in [0.15, 0.2) is 30.5 Å². The van der Waals surface area contributed by atoms with E-state index in [1.54, 1.807) is 18.2 Å². The highest BCUT2D eigenvalue weighted by atomic mass is 16.3. The zero-order valence-corrected chi connectivity index (χ0v) is 7.69. The van der Waals surface area contributed by atoms with E-state index in [9.17, 15) is 9.90 Å². The van der Waals surface area contributed by atoms with Crippen molar-refractivity contribution in [3.63, 3.8) is 0 Å². The molecule has 0 radical (unpaired) electrons. The molecule has 2 rings (SSSR count). The van der Waals surface area contributed by atoms with Crippen LogP contribution in [0.25, 0.3) is 10.9 Å². The number of hydrogen-bond acceptors (Lipinski definition) is 3. The molecular formula is C11H9NO2. The number of nitrogens with zero attached hydrogens (tertiary/aromatic N) is 1. The minimum absolute atomic E-state index is 0.0196. The first kappa shape index (κ1) is 8.69. The van der Waals surface area contributed by atoms with Crippen LogP contribution in [0.3, 0.4) is 0 Å². The highest BCUT2D eigenvalue weighted by molar-refractivity contribution is 6.05. The number of para-hydroxylation sites is 1. The number of hydrogen-bond donors (Lipinski definition) is 1. The number of carbonyl (C=O) groups excluding carboxylic acids is 1. The van der Waals surface area contributed by atoms with E-state index in [2.05, 4.69) is 4.98 Å². The molecule has 0 amide bonds. The molecule has 0 fully saturated rings. The number of ketones is 1. The quantitative estimate of drug-likeness (QED) is 0.696. The fourth-order valence-corrected chi connectivity index (χ4v) is 1.43. The van der Waals surface area contributed by atoms with E-state index >= 15 is 0 Å². The molecule has 0 aliphatic rings. The van der Waals surface area contributed by atoms with Gasteiger partial charge in [0.05, 0.1) is 11.7 Å². The van der Waals surface area contributed by atoms with Crippen LogP contribution in [0.4, 0.5) is 0 Å². The molecule has 1 aromatic carbocycles. The van der Waals surface area contributed by atoms with Gasteiger partial charge in [-0.25, -0.2) is 0 Å². The van der Waals surface area contributed by atoms with Gasteiger partial charge in [0.25, 0.3) is 0 Å². The van der Waals surface area contributed by atoms with E-state index in [-0.39, 0.29) is 11.5 Å². The summed E-state index contributed by atoms with van der Waals surface area (Å²) in [6.45, 7) is 1.50. The third-order valence-corrected chi connectivity index (χ3v) is 2.08. The van der Waals surface area contributed by atoms with Gasteiger partial charge in [0.1, 0.15) is 5.75 Å². The third kappa shape index (κ3) is 1.33. The first-order valence-corrected chi connectivity index (χ1v) is 4.27. The van der Waals surface area contributed by atoms with Crippen LogP contribution in [0.1, 0.15) is 17.3 Å². The summed E-state index contributed by atoms with van der Waals surface area (Å²) in [4.78, 5) is 15.3. The van der Waals surface area contributed by atoms with Crippen molar-refractivity contribution in [1.82, 2.24) is 4.98 Å². The lowest BCUT2D eigenvalue weighted by molar-refractivity contribution is 0.101. The molecule has 0 saturated heterocycles. The number of rotatable bonds is 1. The third-order valence-electron chi connectivity index (χ3n) is 2.08. The Hall–Kier alpha value is -1.90. The number of carbonyl (C=O) groups is 1. The fraction of sp³-hybridized carbons (Fsp3) is 0.0909. The SMILES string of the molecule is CC(=O)c1cccc2cc(O)cnc12. The topological polar surface area (TPSA) is 50.2 Å². The number of Topliss-reactive ketones (excluding diaryl/α,β-unsaturated/α-hetero) is 1. The van der Waals surface area contributed by atoms with Crippen LogP contribution in [-0.2, 0) is 0 Å². The Morgan fingerprint density at radius 3 is 2.93 bits per heavy atom. The maximum Gasteiger partial charge on any atom is 0.161 e. The van der Waals surface area contributed by atoms with E-state index in [0.717, 1.165) is 5.39 Å². The number of benzene rings is 1. The maximum atomic E-state index is 11.2. The minimum atomic E-state index is -0.0196. The van der Waals surface area contributed by atoms with Gasteiger partial charge < -0.3 is 5.11 Å². The first-order valence-electron chi connectivity index (χ1n) is 4.27. The molecule has 0 bridgehead atoms. The molecule has 0 atom stereocenters. The maximum absolute atomic E-state index is 11.2. The van der Waals surface area contributed by atoms with Crippen molar-refractivity contribution in [2.24, 2.45) is 0 Å². The molecule has 0 unspecified atom stereocenters. The largest absolute Gasteiger partial charge is 0.506 e. The first-order chi connectivity index (χ1) is 6.68. The van der Waals surface area contributed by atoms with Crippen LogP contribution in [-0.4, -0.2) is 15.9 Å². The predicted molar refractivity (Wildman–Crippen MR) is 53.4 cm³/mol. The van der Waals surface area contributed by atoms with E-state index in [1.165, 1.54) is 13.1 Å². The monoisotopic (exact) mass is 187 g/mol. The Kier molecular flexibility index (Phi) is 1.93. The van der Waals surface area contributed by atoms with E-state index in [0.29, 0.717) is 11.1 Å². The molecule has 3 nitrogen and oxygen atoms in total. The number of aromatic nitrogens is 1. The minimum Gasteiger partial charge on any atom is -0.506 e. The molecule has 1 heterocycles. The summed E-state index contributed by atoms with van der Waals surface area (Å²) in [5.41, 5.74) is 1.22. The smallest absolute Gasteiger partial charge is 0.161 e. The predicted octanol–water partition coefficient (Wildman–Crippen LogP) is 2.14. The molecule has 0 aliphatic carbocycles. The summed E-state index contributed by atoms with van der Waals surface area (Å²) in [6, 6.07) is 6.91. The lowest BCUT2D eigenvalue weighted by Crippen LogP contribution is -1.94. The van der Waals surface area contributed by atoms with Gasteiger partial charge in [0.2, 0.25) is 0 Å². The van der Waals surface area contributed by atoms with Crippen molar-refractivity contribution in [3.8, 4) is 5.75 Å². The highest BCUT2D eigenvalue weighted by Crippen LogP contribution is 2.20. The lowest BCUT2D eigenvalue weighted by Gasteiger charge is -2.01. The summed E-state index contributed by atoms with van der Waals surface area (Å²) in [7, 11) is 0. The van der Waals surface area contributed by atoms with E-state index < -0.39 is 0 Å². The standard InChI is InChI=1S/C11H9NO2/c1-7(13)10-4-2-3-8-5-9(14)6-12-11(8)10/h2-6,14H,1H3. The average molecular weight is 187 g/mol. The van der Waals surface area contributed by atoms with Crippen molar-refractivity contribution >= 4 is 16.7 Å². The van der Waals surface area contributed by atoms with E-state index in [4.69, 9.17) is 0 Å². The highest BCUT2D eigenvalue weighted by Gasteiger charge is 2.06. The van der Waals surface area contributed by atoms with Gasteiger partial charge in [0.15, 0.2) is 5.78 Å². The van der Waals surface area contributed by atoms with Gasteiger partial charge in [-0.1, -0.05) is 12.1 Å². The van der Waals surface area contributed by atoms with Crippen molar-refractivity contribution in [1.29, 1.82) is 0 Å². The van der Waals surface area contributed by atoms with Crippen molar-refractivity contribution in [2.75, 3.05) is 0 Å². The van der Waals surface area contributed by atoms with E-state index in [1.807, 2.05) is 6.07 Å². The second kappa shape index (κ2) is 3.10. The van der Waals surface area contributed by atoms with Crippen molar-refractivity contribution < 1.29 is 9.90 Å². The van der Waals surface area contributed by atoms with Crippen LogP contribution in [0.2, 0.25) is 0 Å². The van der Waals surface area contributed by atoms with Crippen LogP contribution >= 0.6 is 0 Å². The van der Waals surface area contributed by atoms with Crippen LogP contribution in [0.5, 0.6) is 5.75 Å². The Labute approximate surface area is 81.0 Å². The van der Waals surface area contributed by atoms with Gasteiger partial charge >= 0.3 is 0 Å². The molecule has 0 aliphatic heterocycles. The Morgan fingerprint density at radius 2 is 2.21 bits per heavy atom. The zero-order chi connectivity index (χ0) is 10.1. The molecule has 2 aromatic rings. The van der Waals surface area contributed by atoms with Crippen LogP contribution < -0.4 is 0 Å². The average Bonchev–Trinajstić information content (AvgIpc) is 2.16. The zero-order valence-electron chi connectivity index (χ0n) is 7.69. The number of pyridine rings is 1. The molecule has 0 spiro atoms. The number of fused-ring (bicyclic) bond motifs is 1. The summed E-state index contributed by atoms with van der Waals surface area (Å²) in [6.07, 6.45) is 1.34. The van der Waals surface area contributed by atoms with Gasteiger partial charge in [-0.05, 0) is 19.1 Å². The van der Waals surface area contributed by atoms with Gasteiger partial charge in [-0.2, -0.15) is 0 Å². The molecule has 1 aromatic heterocycles. The molecule has 3 heteroatoms. The molecule has 14 heavy (non-hydrogen) atoms. The Morgan fingerprint density at radius 1 is 1.43 bits per heavy atom. The van der Waals surface area contributed by atoms with Crippen LogP contribution in [0, 0.1) is 0 Å². The molecule has 1 N–H and O–H groups in total. The summed E-state index contributed by atoms with van der Waals surface area (Å²) in [5.74, 6) is 0.0898. The van der Waals surface area contributed by atoms with Gasteiger partial charge in [-0.15, -0.1) is 0 Å². The summed E-state index contributed by atoms with van der Waals surface area (Å²) < 4.78 is 0. The Balaban J connectivity index is 2.81. The lowest BCUT2D eigenvalue weighted by atomic mass is 10.1. The fourth-order valence-electron chi connectivity index (χ4n) is 1.43. The second-order valence-electron chi connectivity index (χ2n) is 3.13. The number of aromatic hydroxyl groups is 1. The second-order valence-corrected chi connectivity index (χ2v) is 3.13. The normalized spacial score (nSPS) is 10.4. The van der Waals surface area contributed by atoms with Gasteiger partial charge in [0, 0.05) is 10.9 Å². The molecule has 70 valence electrons. The summed E-state index contributed by atoms with van der Waals surface area (Å²) in [5, 5.41) is 9.99. The van der Waals surface area contributed by atoms with Crippen molar-refractivity contribution in [2.45, 2.75) is 6.92 Å². The summed E-state index contributed by atoms with van der Waals surface area (Å²) >= 11 is 0. The van der Waals surface area contributed by atoms with Gasteiger partial charge in [-0.3, -0.25) is 9.78 Å². The molecular weight excluding hydrogens is 178 g/mol.